The molecule has 0 saturated heterocycles. The number of hydrogen-bond acceptors (Lipinski definition) is 5. The second-order valence-electron chi connectivity index (χ2n) is 4.73. The minimum atomic E-state index is -1.67. The van der Waals surface area contributed by atoms with Gasteiger partial charge in [-0.2, -0.15) is 10.1 Å². The number of nitrogens with zero attached hydrogens (tertiary/aromatic N) is 3. The molecule has 0 aliphatic carbocycles. The molecule has 1 heterocycles. The first-order valence-corrected chi connectivity index (χ1v) is 6.77. The van der Waals surface area contributed by atoms with E-state index in [0.717, 1.165) is 24.4 Å². The van der Waals surface area contributed by atoms with E-state index in [9.17, 15) is 22.0 Å². The van der Waals surface area contributed by atoms with Crippen LogP contribution in [0.5, 0.6) is 0 Å². The van der Waals surface area contributed by atoms with Crippen molar-refractivity contribution in [1.29, 1.82) is 0 Å². The maximum atomic E-state index is 13.6. The fourth-order valence-corrected chi connectivity index (χ4v) is 1.90. The molecule has 0 radical (unpaired) electrons. The number of nitrogens with one attached hydrogen (secondary N) is 2. The van der Waals surface area contributed by atoms with Gasteiger partial charge in [-0.1, -0.05) is 6.07 Å². The summed E-state index contributed by atoms with van der Waals surface area (Å²) >= 11 is 0. The lowest BCUT2D eigenvalue weighted by Gasteiger charge is -2.09. The number of hydrogen-bond donors (Lipinski definition) is 2. The van der Waals surface area contributed by atoms with E-state index >= 15 is 0 Å². The molecule has 10 heteroatoms. The van der Waals surface area contributed by atoms with Crippen molar-refractivity contribution in [2.45, 2.75) is 0 Å². The van der Waals surface area contributed by atoms with E-state index in [1.807, 2.05) is 0 Å². The van der Waals surface area contributed by atoms with Gasteiger partial charge in [-0.25, -0.2) is 22.0 Å². The molecular weight excluding hydrogens is 345 g/mol. The summed E-state index contributed by atoms with van der Waals surface area (Å²) in [5.41, 5.74) is -0.900. The highest BCUT2D eigenvalue weighted by Crippen LogP contribution is 2.24. The number of halogens is 5. The van der Waals surface area contributed by atoms with E-state index in [4.69, 9.17) is 0 Å². The number of para-hydroxylation sites is 1. The molecule has 128 valence electrons. The maximum absolute atomic E-state index is 13.6. The summed E-state index contributed by atoms with van der Waals surface area (Å²) in [6.45, 7) is 0. The highest BCUT2D eigenvalue weighted by Gasteiger charge is 2.15. The molecule has 0 spiro atoms. The lowest BCUT2D eigenvalue weighted by molar-refractivity contribution is 0.449. The summed E-state index contributed by atoms with van der Waals surface area (Å²) in [5.74, 6) is -6.62. The van der Waals surface area contributed by atoms with Crippen molar-refractivity contribution in [2.75, 3.05) is 10.6 Å². The first-order valence-electron chi connectivity index (χ1n) is 6.77. The summed E-state index contributed by atoms with van der Waals surface area (Å²) < 4.78 is 67.0. The van der Waals surface area contributed by atoms with Crippen molar-refractivity contribution >= 4 is 23.1 Å². The van der Waals surface area contributed by atoms with Gasteiger partial charge in [-0.15, -0.1) is 5.10 Å². The summed E-state index contributed by atoms with van der Waals surface area (Å²) in [7, 11) is 0. The minimum Gasteiger partial charge on any atom is -0.334 e. The second kappa shape index (κ2) is 6.67. The number of rotatable bonds is 4. The van der Waals surface area contributed by atoms with Crippen molar-refractivity contribution < 1.29 is 22.0 Å². The highest BCUT2D eigenvalue weighted by atomic mass is 19.2. The van der Waals surface area contributed by atoms with E-state index in [1.165, 1.54) is 6.07 Å². The topological polar surface area (TPSA) is 62.7 Å². The van der Waals surface area contributed by atoms with Crippen LogP contribution in [0.1, 0.15) is 0 Å². The van der Waals surface area contributed by atoms with Gasteiger partial charge >= 0.3 is 0 Å². The zero-order valence-corrected chi connectivity index (χ0v) is 12.2. The summed E-state index contributed by atoms with van der Waals surface area (Å²) in [6, 6.07) is 4.91. The molecule has 0 amide bonds. The SMILES string of the molecule is Fc1ccc(Nc2nncc(Nc3c(F)cccc3F)n2)c(F)c1F. The Morgan fingerprint density at radius 3 is 2.20 bits per heavy atom. The first-order chi connectivity index (χ1) is 12.0. The van der Waals surface area contributed by atoms with Crippen LogP contribution in [0.4, 0.5) is 45.1 Å². The summed E-state index contributed by atoms with van der Waals surface area (Å²) in [5, 5.41) is 11.7. The Labute approximate surface area is 137 Å². The van der Waals surface area contributed by atoms with Gasteiger partial charge < -0.3 is 10.6 Å². The monoisotopic (exact) mass is 353 g/mol. The highest BCUT2D eigenvalue weighted by molar-refractivity contribution is 5.59. The Morgan fingerprint density at radius 1 is 0.760 bits per heavy atom. The lowest BCUT2D eigenvalue weighted by atomic mass is 10.3. The van der Waals surface area contributed by atoms with E-state index in [0.29, 0.717) is 6.07 Å². The first kappa shape index (κ1) is 16.6. The van der Waals surface area contributed by atoms with Crippen LogP contribution in [-0.4, -0.2) is 15.2 Å². The summed E-state index contributed by atoms with van der Waals surface area (Å²) in [6.07, 6.45) is 1.07. The van der Waals surface area contributed by atoms with Crippen LogP contribution in [0.15, 0.2) is 36.5 Å². The smallest absolute Gasteiger partial charge is 0.249 e. The average Bonchev–Trinajstić information content (AvgIpc) is 2.59. The fraction of sp³-hybridized carbons (Fsp3) is 0. The summed E-state index contributed by atoms with van der Waals surface area (Å²) in [4.78, 5) is 3.83. The molecule has 2 aromatic carbocycles. The molecule has 2 N–H and O–H groups in total. The standard InChI is InChI=1S/C15H8F5N5/c16-7-4-5-10(13(20)12(7)19)22-15-24-11(6-21-25-15)23-14-8(17)2-1-3-9(14)18/h1-6H,(H2,22,23,24,25). The second-order valence-corrected chi connectivity index (χ2v) is 4.73. The van der Waals surface area contributed by atoms with Gasteiger partial charge in [0.25, 0.3) is 0 Å². The Bertz CT molecular complexity index is 914. The van der Waals surface area contributed by atoms with Crippen molar-refractivity contribution in [3.8, 4) is 0 Å². The predicted molar refractivity (Wildman–Crippen MR) is 79.1 cm³/mol. The molecule has 3 aromatic rings. The Kier molecular flexibility index (Phi) is 4.42. The van der Waals surface area contributed by atoms with E-state index in [1.54, 1.807) is 0 Å². The van der Waals surface area contributed by atoms with Gasteiger partial charge in [0.2, 0.25) is 5.95 Å². The van der Waals surface area contributed by atoms with Crippen LogP contribution < -0.4 is 10.6 Å². The predicted octanol–water partition coefficient (Wildman–Crippen LogP) is 4.05. The van der Waals surface area contributed by atoms with Gasteiger partial charge in [0.05, 0.1) is 11.9 Å². The molecule has 25 heavy (non-hydrogen) atoms. The molecule has 0 fully saturated rings. The molecule has 0 aliphatic heterocycles. The third kappa shape index (κ3) is 3.47. The van der Waals surface area contributed by atoms with Gasteiger partial charge in [-0.3, -0.25) is 0 Å². The van der Waals surface area contributed by atoms with Gasteiger partial charge in [0.15, 0.2) is 23.3 Å². The van der Waals surface area contributed by atoms with Gasteiger partial charge in [0.1, 0.15) is 17.3 Å². The normalized spacial score (nSPS) is 10.6. The average molecular weight is 353 g/mol. The minimum absolute atomic E-state index is 0.107. The van der Waals surface area contributed by atoms with E-state index < -0.39 is 40.5 Å². The maximum Gasteiger partial charge on any atom is 0.249 e. The van der Waals surface area contributed by atoms with Crippen molar-refractivity contribution in [3.63, 3.8) is 0 Å². The third-order valence-corrected chi connectivity index (χ3v) is 3.06. The van der Waals surface area contributed by atoms with Crippen LogP contribution in [-0.2, 0) is 0 Å². The number of aromatic nitrogens is 3. The Hall–Kier alpha value is -3.30. The molecule has 5 nitrogen and oxygen atoms in total. The van der Waals surface area contributed by atoms with Gasteiger partial charge in [0, 0.05) is 0 Å². The van der Waals surface area contributed by atoms with Crippen LogP contribution in [0.2, 0.25) is 0 Å². The van der Waals surface area contributed by atoms with Crippen LogP contribution >= 0.6 is 0 Å². The molecule has 0 aliphatic rings. The molecule has 1 aromatic heterocycles. The lowest BCUT2D eigenvalue weighted by Crippen LogP contribution is -2.06. The van der Waals surface area contributed by atoms with E-state index in [-0.39, 0.29) is 11.8 Å². The molecule has 0 saturated carbocycles. The van der Waals surface area contributed by atoms with Crippen LogP contribution in [0.25, 0.3) is 0 Å². The molecular formula is C15H8F5N5. The third-order valence-electron chi connectivity index (χ3n) is 3.06. The van der Waals surface area contributed by atoms with Crippen molar-refractivity contribution in [1.82, 2.24) is 15.2 Å². The van der Waals surface area contributed by atoms with E-state index in [2.05, 4.69) is 25.8 Å². The van der Waals surface area contributed by atoms with Crippen molar-refractivity contribution in [3.05, 3.63) is 65.6 Å². The van der Waals surface area contributed by atoms with Crippen LogP contribution in [0.3, 0.4) is 0 Å². The Balaban J connectivity index is 1.86. The van der Waals surface area contributed by atoms with Gasteiger partial charge in [-0.05, 0) is 24.3 Å². The molecule has 0 bridgehead atoms. The molecule has 0 atom stereocenters. The largest absolute Gasteiger partial charge is 0.334 e. The van der Waals surface area contributed by atoms with Crippen molar-refractivity contribution in [2.24, 2.45) is 0 Å². The Morgan fingerprint density at radius 2 is 1.48 bits per heavy atom. The fourth-order valence-electron chi connectivity index (χ4n) is 1.90. The number of anilines is 4. The molecule has 0 unspecified atom stereocenters. The zero-order chi connectivity index (χ0) is 18.0. The zero-order valence-electron chi connectivity index (χ0n) is 12.2. The quantitative estimate of drug-likeness (QED) is 0.547. The van der Waals surface area contributed by atoms with Crippen LogP contribution in [0, 0.1) is 29.1 Å². The molecule has 3 rings (SSSR count). The number of benzene rings is 2.